The van der Waals surface area contributed by atoms with Crippen molar-refractivity contribution < 1.29 is 13.9 Å². The molecule has 0 aliphatic rings. The van der Waals surface area contributed by atoms with Gasteiger partial charge in [-0.1, -0.05) is 30.3 Å². The van der Waals surface area contributed by atoms with Gasteiger partial charge in [-0.2, -0.15) is 0 Å². The fourth-order valence-electron chi connectivity index (χ4n) is 3.52. The number of aromatic nitrogens is 2. The lowest BCUT2D eigenvalue weighted by molar-refractivity contribution is -0.123. The Balaban J connectivity index is 1.65. The molecule has 30 heavy (non-hydrogen) atoms. The largest absolute Gasteiger partial charge is 0.484 e. The number of nitrogens with one attached hydrogen (secondary N) is 1. The molecule has 1 amide bonds. The van der Waals surface area contributed by atoms with Gasteiger partial charge < -0.3 is 14.6 Å². The molecule has 0 spiro atoms. The first-order chi connectivity index (χ1) is 14.7. The zero-order valence-electron chi connectivity index (χ0n) is 16.6. The van der Waals surface area contributed by atoms with E-state index in [9.17, 15) is 9.18 Å². The predicted molar refractivity (Wildman–Crippen MR) is 114 cm³/mol. The van der Waals surface area contributed by atoms with E-state index in [1.165, 1.54) is 12.1 Å². The number of amides is 1. The van der Waals surface area contributed by atoms with Gasteiger partial charge in [0.1, 0.15) is 11.6 Å². The summed E-state index contributed by atoms with van der Waals surface area (Å²) in [5.41, 5.74) is 2.70. The first kappa shape index (κ1) is 19.6. The van der Waals surface area contributed by atoms with Crippen LogP contribution in [0.3, 0.4) is 0 Å². The predicted octanol–water partition coefficient (Wildman–Crippen LogP) is 4.48. The first-order valence-electron chi connectivity index (χ1n) is 9.81. The second-order valence-corrected chi connectivity index (χ2v) is 6.92. The molecule has 1 N–H and O–H groups in total. The number of fused-ring (bicyclic) bond motifs is 1. The molecule has 0 saturated heterocycles. The maximum absolute atomic E-state index is 13.5. The molecule has 4 aromatic rings. The van der Waals surface area contributed by atoms with E-state index in [0.717, 1.165) is 28.6 Å². The fraction of sp³-hybridized carbons (Fsp3) is 0.167. The Morgan fingerprint density at radius 2 is 1.90 bits per heavy atom. The zero-order chi connectivity index (χ0) is 20.9. The standard InChI is InChI=1S/C24H22FN3O2/c1-2-28-15-21(20-12-13-26-14-22(20)28)24(17-8-10-18(25)11-9-17)27-23(29)16-30-19-6-4-3-5-7-19/h3-15,24H,2,16H2,1H3,(H,27,29)/t24-/m0/s1. The van der Waals surface area contributed by atoms with Crippen LogP contribution in [0.5, 0.6) is 5.75 Å². The molecule has 2 heterocycles. The third kappa shape index (κ3) is 4.17. The van der Waals surface area contributed by atoms with Crippen LogP contribution >= 0.6 is 0 Å². The quantitative estimate of drug-likeness (QED) is 0.495. The molecule has 0 saturated carbocycles. The molecular formula is C24H22FN3O2. The molecule has 6 heteroatoms. The lowest BCUT2D eigenvalue weighted by Gasteiger charge is -2.19. The van der Waals surface area contributed by atoms with E-state index >= 15 is 0 Å². The summed E-state index contributed by atoms with van der Waals surface area (Å²) in [6.45, 7) is 2.70. The molecule has 0 unspecified atom stereocenters. The topological polar surface area (TPSA) is 56.2 Å². The van der Waals surface area contributed by atoms with Crippen LogP contribution in [0.15, 0.2) is 79.3 Å². The van der Waals surface area contributed by atoms with E-state index < -0.39 is 6.04 Å². The summed E-state index contributed by atoms with van der Waals surface area (Å²) in [5.74, 6) is 0.0377. The number of aryl methyl sites for hydroxylation is 1. The number of halogens is 1. The summed E-state index contributed by atoms with van der Waals surface area (Å²) in [6.07, 6.45) is 5.55. The maximum Gasteiger partial charge on any atom is 0.258 e. The molecular weight excluding hydrogens is 381 g/mol. The van der Waals surface area contributed by atoms with Crippen LogP contribution in [-0.4, -0.2) is 22.1 Å². The van der Waals surface area contributed by atoms with Crippen molar-refractivity contribution in [2.24, 2.45) is 0 Å². The van der Waals surface area contributed by atoms with Crippen molar-refractivity contribution >= 4 is 16.8 Å². The Morgan fingerprint density at radius 3 is 2.63 bits per heavy atom. The number of carbonyl (C=O) groups is 1. The van der Waals surface area contributed by atoms with Crippen molar-refractivity contribution in [1.82, 2.24) is 14.9 Å². The van der Waals surface area contributed by atoms with Crippen LogP contribution in [0.4, 0.5) is 4.39 Å². The second-order valence-electron chi connectivity index (χ2n) is 6.92. The fourth-order valence-corrected chi connectivity index (χ4v) is 3.52. The van der Waals surface area contributed by atoms with Crippen LogP contribution < -0.4 is 10.1 Å². The van der Waals surface area contributed by atoms with Crippen LogP contribution in [0.2, 0.25) is 0 Å². The van der Waals surface area contributed by atoms with Crippen molar-refractivity contribution in [3.8, 4) is 5.75 Å². The van der Waals surface area contributed by atoms with Gasteiger partial charge in [0.2, 0.25) is 0 Å². The van der Waals surface area contributed by atoms with Crippen LogP contribution in [0, 0.1) is 5.82 Å². The Bertz CT molecular complexity index is 1140. The van der Waals surface area contributed by atoms with E-state index in [1.54, 1.807) is 30.5 Å². The molecule has 2 aromatic carbocycles. The average molecular weight is 403 g/mol. The number of carbonyl (C=O) groups excluding carboxylic acids is 1. The van der Waals surface area contributed by atoms with Gasteiger partial charge in [0, 0.05) is 29.9 Å². The number of nitrogens with zero attached hydrogens (tertiary/aromatic N) is 2. The average Bonchev–Trinajstić information content (AvgIpc) is 3.16. The highest BCUT2D eigenvalue weighted by Gasteiger charge is 2.22. The minimum Gasteiger partial charge on any atom is -0.484 e. The van der Waals surface area contributed by atoms with E-state index in [4.69, 9.17) is 4.74 Å². The molecule has 0 aliphatic carbocycles. The van der Waals surface area contributed by atoms with E-state index in [-0.39, 0.29) is 18.3 Å². The number of rotatable bonds is 7. The summed E-state index contributed by atoms with van der Waals surface area (Å²) < 4.78 is 21.2. The Labute approximate surface area is 174 Å². The molecule has 2 aromatic heterocycles. The molecule has 0 radical (unpaired) electrons. The molecule has 5 nitrogen and oxygen atoms in total. The molecule has 0 bridgehead atoms. The number of hydrogen-bond acceptors (Lipinski definition) is 3. The van der Waals surface area contributed by atoms with Gasteiger partial charge in [-0.3, -0.25) is 9.78 Å². The number of benzene rings is 2. The van der Waals surface area contributed by atoms with Crippen LogP contribution in [0.1, 0.15) is 24.1 Å². The van der Waals surface area contributed by atoms with Gasteiger partial charge in [-0.25, -0.2) is 4.39 Å². The van der Waals surface area contributed by atoms with Crippen LogP contribution in [-0.2, 0) is 11.3 Å². The molecule has 0 aliphatic heterocycles. The molecule has 4 rings (SSSR count). The first-order valence-corrected chi connectivity index (χ1v) is 9.81. The van der Waals surface area contributed by atoms with Gasteiger partial charge in [0.15, 0.2) is 6.61 Å². The van der Waals surface area contributed by atoms with Crippen molar-refractivity contribution in [1.29, 1.82) is 0 Å². The van der Waals surface area contributed by atoms with Gasteiger partial charge in [0.25, 0.3) is 5.91 Å². The smallest absolute Gasteiger partial charge is 0.258 e. The van der Waals surface area contributed by atoms with Gasteiger partial charge >= 0.3 is 0 Å². The van der Waals surface area contributed by atoms with Crippen LogP contribution in [0.25, 0.3) is 10.9 Å². The second kappa shape index (κ2) is 8.78. The van der Waals surface area contributed by atoms with Crippen molar-refractivity contribution in [2.75, 3.05) is 6.61 Å². The SMILES string of the molecule is CCn1cc([C@@H](NC(=O)COc2ccccc2)c2ccc(F)cc2)c2ccncc21. The Kier molecular flexibility index (Phi) is 5.75. The summed E-state index contributed by atoms with van der Waals surface area (Å²) in [6, 6.07) is 16.8. The zero-order valence-corrected chi connectivity index (χ0v) is 16.6. The van der Waals surface area contributed by atoms with Gasteiger partial charge in [-0.15, -0.1) is 0 Å². The minimum atomic E-state index is -0.449. The highest BCUT2D eigenvalue weighted by Crippen LogP contribution is 2.30. The van der Waals surface area contributed by atoms with Gasteiger partial charge in [-0.05, 0) is 42.8 Å². The lowest BCUT2D eigenvalue weighted by Crippen LogP contribution is -2.33. The third-order valence-electron chi connectivity index (χ3n) is 4.99. The van der Waals surface area contributed by atoms with E-state index in [0.29, 0.717) is 5.75 Å². The normalized spacial score (nSPS) is 11.9. The van der Waals surface area contributed by atoms with Crippen molar-refractivity contribution in [3.05, 3.63) is 96.2 Å². The number of pyridine rings is 1. The number of hydrogen-bond donors (Lipinski definition) is 1. The van der Waals surface area contributed by atoms with Crippen molar-refractivity contribution in [2.45, 2.75) is 19.5 Å². The van der Waals surface area contributed by atoms with Crippen molar-refractivity contribution in [3.63, 3.8) is 0 Å². The van der Waals surface area contributed by atoms with E-state index in [1.807, 2.05) is 36.7 Å². The summed E-state index contributed by atoms with van der Waals surface area (Å²) >= 11 is 0. The minimum absolute atomic E-state index is 0.115. The molecule has 0 fully saturated rings. The van der Waals surface area contributed by atoms with Gasteiger partial charge in [0.05, 0.1) is 17.8 Å². The number of para-hydroxylation sites is 1. The summed E-state index contributed by atoms with van der Waals surface area (Å²) in [4.78, 5) is 16.9. The summed E-state index contributed by atoms with van der Waals surface area (Å²) in [7, 11) is 0. The molecule has 1 atom stereocenters. The monoisotopic (exact) mass is 403 g/mol. The maximum atomic E-state index is 13.5. The number of ether oxygens (including phenoxy) is 1. The molecule has 152 valence electrons. The third-order valence-corrected chi connectivity index (χ3v) is 4.99. The summed E-state index contributed by atoms with van der Waals surface area (Å²) in [5, 5.41) is 4.04. The Hall–Kier alpha value is -3.67. The van der Waals surface area contributed by atoms with E-state index in [2.05, 4.69) is 21.8 Å². The lowest BCUT2D eigenvalue weighted by atomic mass is 9.98. The Morgan fingerprint density at radius 1 is 1.13 bits per heavy atom. The highest BCUT2D eigenvalue weighted by atomic mass is 19.1. The highest BCUT2D eigenvalue weighted by molar-refractivity contribution is 5.86.